The number of likely N-dealkylation sites (tertiary alicyclic amines) is 2. The van der Waals surface area contributed by atoms with Crippen LogP contribution in [0.2, 0.25) is 0 Å². The fourth-order valence-corrected chi connectivity index (χ4v) is 6.84. The SMILES string of the molecule is C.CCCCOc1nc(N)c([N+](=O)[O-])c(N(CCC2CCN(C)CC2)CC(=O)OC)n1.COC(=O)CN(CCC1CCN(C)CC1)c1nc(SC)nc(N)c1[N+](=O)[O-].[2H]F. The van der Waals surface area contributed by atoms with Crippen LogP contribution in [0.1, 0.15) is 65.7 Å². The van der Waals surface area contributed by atoms with Gasteiger partial charge in [-0.05, 0) is 103 Å². The zero-order chi connectivity index (χ0) is 44.1. The molecule has 0 amide bonds. The molecule has 2 saturated heterocycles. The fourth-order valence-electron chi connectivity index (χ4n) is 6.47. The van der Waals surface area contributed by atoms with E-state index in [1.165, 1.54) is 26.0 Å². The van der Waals surface area contributed by atoms with Gasteiger partial charge in [0.1, 0.15) is 13.1 Å². The van der Waals surface area contributed by atoms with Crippen molar-refractivity contribution in [2.24, 2.45) is 11.8 Å². The Labute approximate surface area is 351 Å². The molecule has 4 heterocycles. The van der Waals surface area contributed by atoms with Crippen LogP contribution in [0.5, 0.6) is 6.01 Å². The minimum Gasteiger partial charge on any atom is -0.468 e. The molecule has 59 heavy (non-hydrogen) atoms. The number of nitrogen functional groups attached to an aromatic ring is 2. The fraction of sp³-hybridized carbons (Fsp3) is 0.722. The molecule has 0 radical (unpaired) electrons. The Morgan fingerprint density at radius 3 is 1.64 bits per heavy atom. The Hall–Kier alpha value is -4.90. The lowest BCUT2D eigenvalue weighted by molar-refractivity contribution is -0.383. The second-order valence-corrected chi connectivity index (χ2v) is 14.9. The summed E-state index contributed by atoms with van der Waals surface area (Å²) in [4.78, 5) is 70.0. The predicted molar refractivity (Wildman–Crippen MR) is 226 cm³/mol. The lowest BCUT2D eigenvalue weighted by Crippen LogP contribution is -2.36. The van der Waals surface area contributed by atoms with E-state index in [2.05, 4.69) is 45.3 Å². The number of carbonyl (C=O) groups excluding carboxylic acids is 2. The number of esters is 2. The molecule has 0 aromatic carbocycles. The van der Waals surface area contributed by atoms with E-state index in [0.29, 0.717) is 36.7 Å². The molecule has 2 aromatic heterocycles. The molecule has 0 atom stereocenters. The molecule has 2 aliphatic heterocycles. The molecule has 334 valence electrons. The lowest BCUT2D eigenvalue weighted by Gasteiger charge is -2.31. The predicted octanol–water partition coefficient (Wildman–Crippen LogP) is 4.05. The first kappa shape index (κ1) is 50.2. The first-order valence-corrected chi connectivity index (χ1v) is 20.2. The highest BCUT2D eigenvalue weighted by atomic mass is 32.2. The number of aromatic nitrogens is 4. The lowest BCUT2D eigenvalue weighted by atomic mass is 9.93. The van der Waals surface area contributed by atoms with Crippen molar-refractivity contribution < 1.29 is 38.4 Å². The summed E-state index contributed by atoms with van der Waals surface area (Å²) in [5.41, 5.74) is 10.9. The zero-order valence-corrected chi connectivity index (χ0v) is 35.1. The van der Waals surface area contributed by atoms with Gasteiger partial charge in [0.15, 0.2) is 5.16 Å². The number of nitrogens with two attached hydrogens (primary N) is 2. The molecule has 0 bridgehead atoms. The van der Waals surface area contributed by atoms with E-state index < -0.39 is 27.5 Å². The van der Waals surface area contributed by atoms with Crippen LogP contribution >= 0.6 is 11.8 Å². The van der Waals surface area contributed by atoms with Crippen molar-refractivity contribution in [1.82, 2.24) is 29.7 Å². The molecule has 2 fully saturated rings. The average molecular weight is 860 g/mol. The summed E-state index contributed by atoms with van der Waals surface area (Å²) in [5.74, 6) is -0.477. The summed E-state index contributed by atoms with van der Waals surface area (Å²) in [7, 11) is 6.75. The molecule has 0 spiro atoms. The minimum atomic E-state index is -0.625. The number of methoxy groups -OCH3 is 2. The summed E-state index contributed by atoms with van der Waals surface area (Å²) in [5, 5.41) is 23.5. The Bertz CT molecular complexity index is 1660. The van der Waals surface area contributed by atoms with Crippen molar-refractivity contribution in [2.75, 3.05) is 115 Å². The van der Waals surface area contributed by atoms with Crippen LogP contribution in [0.15, 0.2) is 5.16 Å². The maximum atomic E-state index is 12.0. The van der Waals surface area contributed by atoms with Gasteiger partial charge in [-0.1, -0.05) is 32.5 Å². The van der Waals surface area contributed by atoms with E-state index in [4.69, 9.17) is 30.4 Å². The van der Waals surface area contributed by atoms with Gasteiger partial charge in [-0.2, -0.15) is 19.9 Å². The number of rotatable bonds is 19. The van der Waals surface area contributed by atoms with Crippen molar-refractivity contribution in [3.63, 3.8) is 0 Å². The van der Waals surface area contributed by atoms with Gasteiger partial charge in [0.05, 0.1) is 30.7 Å². The third-order valence-electron chi connectivity index (χ3n) is 10.0. The Morgan fingerprint density at radius 2 is 1.25 bits per heavy atom. The number of thioether (sulfide) groups is 1. The third-order valence-corrected chi connectivity index (χ3v) is 10.6. The van der Waals surface area contributed by atoms with Crippen molar-refractivity contribution >= 4 is 58.3 Å². The van der Waals surface area contributed by atoms with E-state index in [-0.39, 0.29) is 55.5 Å². The van der Waals surface area contributed by atoms with Crippen molar-refractivity contribution in [3.8, 4) is 6.01 Å². The van der Waals surface area contributed by atoms with Crippen LogP contribution in [0.3, 0.4) is 0 Å². The van der Waals surface area contributed by atoms with Crippen LogP contribution in [0.4, 0.5) is 39.4 Å². The normalized spacial score (nSPS) is 14.9. The second-order valence-electron chi connectivity index (χ2n) is 14.1. The van der Waals surface area contributed by atoms with Crippen LogP contribution in [0, 0.1) is 32.1 Å². The molecule has 21 nitrogen and oxygen atoms in total. The molecule has 23 heteroatoms. The first-order chi connectivity index (χ1) is 28.2. The molecule has 4 N–H and O–H groups in total. The van der Waals surface area contributed by atoms with E-state index in [1.54, 1.807) is 16.1 Å². The minimum absolute atomic E-state index is 0. The molecule has 2 aromatic rings. The summed E-state index contributed by atoms with van der Waals surface area (Å²) >= 11 is 1.23. The van der Waals surface area contributed by atoms with Gasteiger partial charge in [0.2, 0.25) is 23.3 Å². The standard InChI is InChI=1S/C19H32N6O5.C16H26N6O4S.CH4.FH/c1-4-5-12-30-19-21-17(20)16(25(27)28)18(22-19)24(13-15(26)29-3)11-8-14-6-9-23(2)10-7-14;1-20-7-4-11(5-8-20)6-9-21(10-12(23)26-2)15-13(22(24)25)14(17)18-16(19-15)27-3;;/h14H,4-13H2,1-3H3,(H2,20,21,22);11H,4-10H2,1-3H3,(H2,17,18,19);1H4;1H/i/hD. The first-order valence-electron chi connectivity index (χ1n) is 19.4. The van der Waals surface area contributed by atoms with Gasteiger partial charge in [-0.3, -0.25) is 34.5 Å². The number of ether oxygens (including phenoxy) is 3. The topological polar surface area (TPSA) is 265 Å². The number of unbranched alkanes of at least 4 members (excludes halogenated alkanes) is 1. The maximum Gasteiger partial charge on any atom is 0.353 e. The molecule has 0 aliphatic carbocycles. The number of hydrogen-bond donors (Lipinski definition) is 2. The highest BCUT2D eigenvalue weighted by Gasteiger charge is 2.31. The summed E-state index contributed by atoms with van der Waals surface area (Å²) < 4.78 is 28.1. The molecular weight excluding hydrogens is 796 g/mol. The Kier molecular flexibility index (Phi) is 22.4. The van der Waals surface area contributed by atoms with Crippen LogP contribution in [-0.4, -0.2) is 147 Å². The van der Waals surface area contributed by atoms with Crippen molar-refractivity contribution in [2.45, 2.75) is 70.9 Å². The number of nitro groups is 2. The van der Waals surface area contributed by atoms with Gasteiger partial charge >= 0.3 is 29.3 Å². The largest absolute Gasteiger partial charge is 0.468 e. The monoisotopic (exact) mass is 859 g/mol. The van der Waals surface area contributed by atoms with Crippen molar-refractivity contribution in [3.05, 3.63) is 20.2 Å². The Balaban J connectivity index is 0.000000570. The molecule has 2 aliphatic rings. The van der Waals surface area contributed by atoms with Crippen molar-refractivity contribution in [1.29, 1.82) is 1.45 Å². The van der Waals surface area contributed by atoms with Crippen LogP contribution < -0.4 is 26.0 Å². The molecule has 0 saturated carbocycles. The van der Waals surface area contributed by atoms with Gasteiger partial charge < -0.3 is 45.3 Å². The highest BCUT2D eigenvalue weighted by molar-refractivity contribution is 7.98. The van der Waals surface area contributed by atoms with Gasteiger partial charge in [-0.25, -0.2) is 0 Å². The molecule has 0 unspecified atom stereocenters. The number of piperidine rings is 2. The second kappa shape index (κ2) is 26.3. The van der Waals surface area contributed by atoms with Gasteiger partial charge in [0, 0.05) is 13.1 Å². The number of hydrogen-bond acceptors (Lipinski definition) is 20. The summed E-state index contributed by atoms with van der Waals surface area (Å²) in [6.07, 6.45) is 9.26. The average Bonchev–Trinajstić information content (AvgIpc) is 3.22. The maximum absolute atomic E-state index is 12.0. The Morgan fingerprint density at radius 1 is 0.831 bits per heavy atom. The third kappa shape index (κ3) is 16.3. The summed E-state index contributed by atoms with van der Waals surface area (Å²) in [6, 6.07) is -0.0318. The number of nitrogens with zero attached hydrogens (tertiary/aromatic N) is 10. The van der Waals surface area contributed by atoms with Crippen LogP contribution in [-0.2, 0) is 19.1 Å². The van der Waals surface area contributed by atoms with E-state index in [9.17, 15) is 29.8 Å². The highest BCUT2D eigenvalue weighted by Crippen LogP contribution is 2.35. The van der Waals surface area contributed by atoms with Gasteiger partial charge in [0.25, 0.3) is 1.45 Å². The molecule has 4 rings (SSSR count). The number of carbonyl (C=O) groups is 2. The summed E-state index contributed by atoms with van der Waals surface area (Å²) in [6.45, 7) is 7.03. The number of halogens is 1. The smallest absolute Gasteiger partial charge is 0.353 e. The number of anilines is 4. The van der Waals surface area contributed by atoms with E-state index >= 15 is 0 Å². The van der Waals surface area contributed by atoms with E-state index in [1.807, 2.05) is 6.92 Å². The van der Waals surface area contributed by atoms with Gasteiger partial charge in [-0.15, -0.1) is 0 Å². The molecular formula is C36H63FN12O9S. The van der Waals surface area contributed by atoms with E-state index in [0.717, 1.165) is 77.5 Å². The quantitative estimate of drug-likeness (QED) is 0.0504. The van der Waals surface area contributed by atoms with Crippen LogP contribution in [0.25, 0.3) is 0 Å². The zero-order valence-electron chi connectivity index (χ0n) is 35.3.